The molecule has 72 valence electrons. The summed E-state index contributed by atoms with van der Waals surface area (Å²) in [4.78, 5) is 0. The summed E-state index contributed by atoms with van der Waals surface area (Å²) in [5.41, 5.74) is 1.45. The van der Waals surface area contributed by atoms with Gasteiger partial charge >= 0.3 is 0 Å². The molecule has 2 rings (SSSR count). The molecular weight excluding hydrogens is 168 g/mol. The SMILES string of the molecule is CC1C=CC(C)(c2ccccc2)C=C1. The van der Waals surface area contributed by atoms with E-state index in [1.54, 1.807) is 0 Å². The largest absolute Gasteiger partial charge is 0.0807 e. The summed E-state index contributed by atoms with van der Waals surface area (Å²) in [6, 6.07) is 10.6. The van der Waals surface area contributed by atoms with E-state index in [9.17, 15) is 0 Å². The highest BCUT2D eigenvalue weighted by Crippen LogP contribution is 2.30. The molecule has 1 aliphatic carbocycles. The predicted molar refractivity (Wildman–Crippen MR) is 61.2 cm³/mol. The average molecular weight is 184 g/mol. The minimum absolute atomic E-state index is 0.0910. The van der Waals surface area contributed by atoms with Gasteiger partial charge in [-0.05, 0) is 18.4 Å². The summed E-state index contributed by atoms with van der Waals surface area (Å²) in [6.07, 6.45) is 9.14. The van der Waals surface area contributed by atoms with E-state index in [-0.39, 0.29) is 5.41 Å². The zero-order chi connectivity index (χ0) is 10.0. The molecule has 14 heavy (non-hydrogen) atoms. The number of rotatable bonds is 1. The Kier molecular flexibility index (Phi) is 2.28. The molecule has 0 heterocycles. The second-order valence-corrected chi connectivity index (χ2v) is 4.23. The third-order valence-corrected chi connectivity index (χ3v) is 2.89. The maximum Gasteiger partial charge on any atom is 0.0284 e. The quantitative estimate of drug-likeness (QED) is 0.584. The van der Waals surface area contributed by atoms with Crippen molar-refractivity contribution in [3.05, 3.63) is 60.2 Å². The van der Waals surface area contributed by atoms with E-state index in [4.69, 9.17) is 0 Å². The minimum Gasteiger partial charge on any atom is -0.0807 e. The lowest BCUT2D eigenvalue weighted by Crippen LogP contribution is -2.18. The molecule has 0 atom stereocenters. The third kappa shape index (κ3) is 1.65. The van der Waals surface area contributed by atoms with Gasteiger partial charge in [-0.15, -0.1) is 0 Å². The van der Waals surface area contributed by atoms with Crippen molar-refractivity contribution in [3.8, 4) is 0 Å². The third-order valence-electron chi connectivity index (χ3n) is 2.89. The van der Waals surface area contributed by atoms with Crippen molar-refractivity contribution in [1.82, 2.24) is 0 Å². The topological polar surface area (TPSA) is 0 Å². The van der Waals surface area contributed by atoms with E-state index in [1.165, 1.54) is 5.56 Å². The van der Waals surface area contributed by atoms with Gasteiger partial charge in [0.2, 0.25) is 0 Å². The second kappa shape index (κ2) is 3.45. The second-order valence-electron chi connectivity index (χ2n) is 4.23. The van der Waals surface area contributed by atoms with E-state index in [1.807, 2.05) is 0 Å². The first-order valence-electron chi connectivity index (χ1n) is 5.15. The van der Waals surface area contributed by atoms with Crippen LogP contribution in [0.4, 0.5) is 0 Å². The fourth-order valence-electron chi connectivity index (χ4n) is 1.81. The molecule has 0 spiro atoms. The smallest absolute Gasteiger partial charge is 0.0284 e. The van der Waals surface area contributed by atoms with Crippen LogP contribution in [-0.2, 0) is 5.41 Å². The van der Waals surface area contributed by atoms with Crippen molar-refractivity contribution in [3.63, 3.8) is 0 Å². The lowest BCUT2D eigenvalue weighted by atomic mass is 9.78. The van der Waals surface area contributed by atoms with Gasteiger partial charge in [-0.1, -0.05) is 61.6 Å². The van der Waals surface area contributed by atoms with Gasteiger partial charge in [-0.25, -0.2) is 0 Å². The summed E-state index contributed by atoms with van der Waals surface area (Å²) in [6.45, 7) is 4.46. The first-order chi connectivity index (χ1) is 6.71. The van der Waals surface area contributed by atoms with E-state index >= 15 is 0 Å². The van der Waals surface area contributed by atoms with Gasteiger partial charge in [0.1, 0.15) is 0 Å². The first-order valence-corrected chi connectivity index (χ1v) is 5.15. The van der Waals surface area contributed by atoms with Crippen molar-refractivity contribution in [1.29, 1.82) is 0 Å². The molecule has 0 aromatic heterocycles. The van der Waals surface area contributed by atoms with Crippen molar-refractivity contribution in [2.75, 3.05) is 0 Å². The maximum absolute atomic E-state index is 2.30. The summed E-state index contributed by atoms with van der Waals surface area (Å²) in [5, 5.41) is 0. The normalized spacial score (nSPS) is 30.6. The molecule has 0 unspecified atom stereocenters. The molecule has 0 saturated carbocycles. The number of benzene rings is 1. The lowest BCUT2D eigenvalue weighted by Gasteiger charge is -2.26. The molecule has 0 heteroatoms. The fraction of sp³-hybridized carbons (Fsp3) is 0.286. The van der Waals surface area contributed by atoms with E-state index in [0.29, 0.717) is 5.92 Å². The Morgan fingerprint density at radius 1 is 1.00 bits per heavy atom. The van der Waals surface area contributed by atoms with Crippen LogP contribution < -0.4 is 0 Å². The van der Waals surface area contributed by atoms with Crippen LogP contribution in [0.1, 0.15) is 19.4 Å². The summed E-state index contributed by atoms with van der Waals surface area (Å²) in [5.74, 6) is 0.576. The molecule has 0 nitrogen and oxygen atoms in total. The highest BCUT2D eigenvalue weighted by molar-refractivity contribution is 5.38. The van der Waals surface area contributed by atoms with Gasteiger partial charge in [-0.2, -0.15) is 0 Å². The highest BCUT2D eigenvalue weighted by atomic mass is 14.3. The Morgan fingerprint density at radius 3 is 2.14 bits per heavy atom. The Labute approximate surface area is 86.0 Å². The van der Waals surface area contributed by atoms with E-state index in [0.717, 1.165) is 0 Å². The van der Waals surface area contributed by atoms with Crippen LogP contribution >= 0.6 is 0 Å². The van der Waals surface area contributed by atoms with Crippen molar-refractivity contribution in [2.45, 2.75) is 19.3 Å². The van der Waals surface area contributed by atoms with Crippen LogP contribution in [-0.4, -0.2) is 0 Å². The van der Waals surface area contributed by atoms with Gasteiger partial charge < -0.3 is 0 Å². The number of allylic oxidation sites excluding steroid dienone is 4. The Hall–Kier alpha value is -1.30. The van der Waals surface area contributed by atoms with Gasteiger partial charge in [0, 0.05) is 5.41 Å². The van der Waals surface area contributed by atoms with Crippen LogP contribution in [0.3, 0.4) is 0 Å². The maximum atomic E-state index is 2.30. The molecule has 1 aliphatic rings. The highest BCUT2D eigenvalue weighted by Gasteiger charge is 2.21. The Balaban J connectivity index is 2.35. The predicted octanol–water partition coefficient (Wildman–Crippen LogP) is 3.71. The molecule has 0 radical (unpaired) electrons. The van der Waals surface area contributed by atoms with Gasteiger partial charge in [0.15, 0.2) is 0 Å². The van der Waals surface area contributed by atoms with Crippen LogP contribution in [0.25, 0.3) is 0 Å². The van der Waals surface area contributed by atoms with E-state index < -0.39 is 0 Å². The molecule has 0 saturated heterocycles. The van der Waals surface area contributed by atoms with Crippen molar-refractivity contribution < 1.29 is 0 Å². The van der Waals surface area contributed by atoms with Crippen LogP contribution in [0.5, 0.6) is 0 Å². The summed E-state index contributed by atoms with van der Waals surface area (Å²) >= 11 is 0. The number of hydrogen-bond acceptors (Lipinski definition) is 0. The number of hydrogen-bond donors (Lipinski definition) is 0. The van der Waals surface area contributed by atoms with Crippen LogP contribution in [0, 0.1) is 5.92 Å². The summed E-state index contributed by atoms with van der Waals surface area (Å²) in [7, 11) is 0. The van der Waals surface area contributed by atoms with E-state index in [2.05, 4.69) is 68.5 Å². The molecule has 0 bridgehead atoms. The molecule has 0 N–H and O–H groups in total. The Bertz CT molecular complexity index is 343. The van der Waals surface area contributed by atoms with Crippen molar-refractivity contribution >= 4 is 0 Å². The fourth-order valence-corrected chi connectivity index (χ4v) is 1.81. The first kappa shape index (κ1) is 9.26. The molecule has 0 aliphatic heterocycles. The monoisotopic (exact) mass is 184 g/mol. The zero-order valence-corrected chi connectivity index (χ0v) is 8.77. The lowest BCUT2D eigenvalue weighted by molar-refractivity contribution is 0.714. The molecule has 0 fully saturated rings. The van der Waals surface area contributed by atoms with Crippen LogP contribution in [0.2, 0.25) is 0 Å². The van der Waals surface area contributed by atoms with Crippen molar-refractivity contribution in [2.24, 2.45) is 5.92 Å². The van der Waals surface area contributed by atoms with Crippen LogP contribution in [0.15, 0.2) is 54.6 Å². The van der Waals surface area contributed by atoms with Gasteiger partial charge in [-0.3, -0.25) is 0 Å². The molecule has 1 aromatic rings. The van der Waals surface area contributed by atoms with Gasteiger partial charge in [0.25, 0.3) is 0 Å². The zero-order valence-electron chi connectivity index (χ0n) is 8.77. The Morgan fingerprint density at radius 2 is 1.57 bits per heavy atom. The standard InChI is InChI=1S/C14H16/c1-12-8-10-14(2,11-9-12)13-6-4-3-5-7-13/h3-12H,1-2H3. The molecule has 0 amide bonds. The minimum atomic E-state index is 0.0910. The van der Waals surface area contributed by atoms with Gasteiger partial charge in [0.05, 0.1) is 0 Å². The molecular formula is C14H16. The summed E-state index contributed by atoms with van der Waals surface area (Å²) < 4.78 is 0. The average Bonchev–Trinajstić information content (AvgIpc) is 2.24. The molecule has 1 aromatic carbocycles.